The molecule has 3 fully saturated rings. The summed E-state index contributed by atoms with van der Waals surface area (Å²) in [5.74, 6) is -0.775. The summed E-state index contributed by atoms with van der Waals surface area (Å²) >= 11 is 0. The van der Waals surface area contributed by atoms with E-state index in [-0.39, 0.29) is 68.2 Å². The lowest BCUT2D eigenvalue weighted by molar-refractivity contribution is -0.0188. The zero-order valence-electron chi connectivity index (χ0n) is 34.4. The second-order valence-electron chi connectivity index (χ2n) is 19.8. The van der Waals surface area contributed by atoms with E-state index in [9.17, 15) is 14.4 Å². The van der Waals surface area contributed by atoms with Crippen molar-refractivity contribution in [1.82, 2.24) is 16.0 Å². The molecule has 3 aliphatic heterocycles. The standard InChI is InChI=1S/C42H69N3O6/c1-25(2)40(13)22-31(19-37(7,8)43-40)49-34(46)28-16-29(35(47)50-32-20-38(9,10)44-41(14,23-32)26(3)4)18-30(17-28)36(48)51-33-21-39(11,12)45-42(15,24-33)27(5)6/h16-18,25-27,31-33,43-45H,19-24H2,1-15H3. The summed E-state index contributed by atoms with van der Waals surface area (Å²) in [6.07, 6.45) is 2.83. The van der Waals surface area contributed by atoms with E-state index < -0.39 is 17.9 Å². The second kappa shape index (κ2) is 14.4. The molecule has 9 nitrogen and oxygen atoms in total. The number of nitrogens with one attached hydrogen (secondary N) is 3. The normalized spacial score (nSPS) is 33.2. The zero-order valence-corrected chi connectivity index (χ0v) is 34.4. The Kier molecular flexibility index (Phi) is 11.6. The van der Waals surface area contributed by atoms with E-state index in [4.69, 9.17) is 14.2 Å². The molecule has 4 rings (SSSR count). The van der Waals surface area contributed by atoms with Crippen LogP contribution in [0.5, 0.6) is 0 Å². The third-order valence-electron chi connectivity index (χ3n) is 12.3. The van der Waals surface area contributed by atoms with E-state index in [0.717, 1.165) is 0 Å². The summed E-state index contributed by atoms with van der Waals surface area (Å²) < 4.78 is 18.6. The number of rotatable bonds is 9. The van der Waals surface area contributed by atoms with Gasteiger partial charge in [-0.3, -0.25) is 0 Å². The average Bonchev–Trinajstić information content (AvgIpc) is 2.93. The highest BCUT2D eigenvalue weighted by Gasteiger charge is 2.46. The minimum absolute atomic E-state index is 0.134. The molecule has 0 aliphatic carbocycles. The van der Waals surface area contributed by atoms with Crippen molar-refractivity contribution < 1.29 is 28.6 Å². The molecule has 0 amide bonds. The molecule has 51 heavy (non-hydrogen) atoms. The lowest BCUT2D eigenvalue weighted by atomic mass is 9.74. The topological polar surface area (TPSA) is 115 Å². The summed E-state index contributed by atoms with van der Waals surface area (Å²) in [7, 11) is 0. The molecule has 1 aromatic carbocycles. The molecule has 0 aromatic heterocycles. The Hall–Kier alpha value is -2.49. The van der Waals surface area contributed by atoms with Gasteiger partial charge in [-0.25, -0.2) is 14.4 Å². The van der Waals surface area contributed by atoms with Crippen molar-refractivity contribution in [3.05, 3.63) is 34.9 Å². The molecule has 0 saturated carbocycles. The van der Waals surface area contributed by atoms with Gasteiger partial charge in [-0.1, -0.05) is 41.5 Å². The Bertz CT molecular complexity index is 1280. The minimum Gasteiger partial charge on any atom is -0.459 e. The van der Waals surface area contributed by atoms with Gasteiger partial charge in [0.1, 0.15) is 18.3 Å². The largest absolute Gasteiger partial charge is 0.459 e. The van der Waals surface area contributed by atoms with Gasteiger partial charge in [0.2, 0.25) is 0 Å². The highest BCUT2D eigenvalue weighted by molar-refractivity contribution is 6.00. The Balaban J connectivity index is 1.66. The fraction of sp³-hybridized carbons (Fsp3) is 0.786. The zero-order chi connectivity index (χ0) is 38.5. The molecule has 0 spiro atoms. The number of piperidine rings is 3. The molecule has 6 atom stereocenters. The number of hydrogen-bond donors (Lipinski definition) is 3. The van der Waals surface area contributed by atoms with Crippen molar-refractivity contribution in [2.24, 2.45) is 17.8 Å². The molecule has 3 N–H and O–H groups in total. The summed E-state index contributed by atoms with van der Waals surface area (Å²) in [5.41, 5.74) is -1.03. The van der Waals surface area contributed by atoms with Crippen LogP contribution in [0.2, 0.25) is 0 Å². The smallest absolute Gasteiger partial charge is 0.338 e. The van der Waals surface area contributed by atoms with Crippen molar-refractivity contribution in [2.75, 3.05) is 0 Å². The van der Waals surface area contributed by atoms with Crippen molar-refractivity contribution >= 4 is 17.9 Å². The van der Waals surface area contributed by atoms with Crippen LogP contribution in [0.3, 0.4) is 0 Å². The molecule has 288 valence electrons. The second-order valence-corrected chi connectivity index (χ2v) is 19.8. The lowest BCUT2D eigenvalue weighted by Crippen LogP contribution is -2.63. The van der Waals surface area contributed by atoms with Crippen LogP contribution in [-0.4, -0.2) is 69.5 Å². The van der Waals surface area contributed by atoms with Crippen molar-refractivity contribution in [1.29, 1.82) is 0 Å². The summed E-state index contributed by atoms with van der Waals surface area (Å²) in [6.45, 7) is 32.2. The van der Waals surface area contributed by atoms with E-state index in [1.54, 1.807) is 0 Å². The maximum Gasteiger partial charge on any atom is 0.338 e. The number of carbonyl (C=O) groups is 3. The first kappa shape index (κ1) is 41.3. The van der Waals surface area contributed by atoms with E-state index in [1.807, 2.05) is 0 Å². The van der Waals surface area contributed by atoms with Gasteiger partial charge in [0.25, 0.3) is 0 Å². The number of ether oxygens (including phenoxy) is 3. The van der Waals surface area contributed by atoms with Gasteiger partial charge in [-0.15, -0.1) is 0 Å². The fourth-order valence-electron chi connectivity index (χ4n) is 9.00. The molecule has 0 radical (unpaired) electrons. The molecule has 6 unspecified atom stereocenters. The number of carbonyl (C=O) groups excluding carboxylic acids is 3. The SMILES string of the molecule is CC(C)C1(C)CC(OC(=O)c2cc(C(=O)OC3CC(C)(C)NC(C)(C(C)C)C3)cc(C(=O)OC3CC(C)(C)NC(C)(C(C)C)C3)c2)CC(C)(C)N1. The lowest BCUT2D eigenvalue weighted by Gasteiger charge is -2.49. The minimum atomic E-state index is -0.571. The van der Waals surface area contributed by atoms with Crippen LogP contribution < -0.4 is 16.0 Å². The van der Waals surface area contributed by atoms with Crippen LogP contribution in [-0.2, 0) is 14.2 Å². The Morgan fingerprint density at radius 1 is 0.471 bits per heavy atom. The van der Waals surface area contributed by atoms with Gasteiger partial charge in [0, 0.05) is 71.8 Å². The molecule has 3 saturated heterocycles. The maximum atomic E-state index is 14.0. The predicted octanol–water partition coefficient (Wildman–Crippen LogP) is 7.99. The Labute approximate surface area is 308 Å². The number of hydrogen-bond acceptors (Lipinski definition) is 9. The van der Waals surface area contributed by atoms with E-state index in [0.29, 0.717) is 56.3 Å². The monoisotopic (exact) mass is 712 g/mol. The van der Waals surface area contributed by atoms with Crippen molar-refractivity contribution in [3.8, 4) is 0 Å². The van der Waals surface area contributed by atoms with E-state index in [1.165, 1.54) is 18.2 Å². The van der Waals surface area contributed by atoms with Gasteiger partial charge < -0.3 is 30.2 Å². The molecule has 9 heteroatoms. The summed E-state index contributed by atoms with van der Waals surface area (Å²) in [6, 6.07) is 4.52. The van der Waals surface area contributed by atoms with E-state index >= 15 is 0 Å². The van der Waals surface area contributed by atoms with Crippen molar-refractivity contribution in [2.45, 2.75) is 194 Å². The first-order valence-electron chi connectivity index (χ1n) is 19.3. The average molecular weight is 712 g/mol. The first-order chi connectivity index (χ1) is 23.2. The molecule has 3 heterocycles. The van der Waals surface area contributed by atoms with Crippen LogP contribution >= 0.6 is 0 Å². The van der Waals surface area contributed by atoms with Crippen LogP contribution in [0, 0.1) is 17.8 Å². The highest BCUT2D eigenvalue weighted by Crippen LogP contribution is 2.38. The maximum absolute atomic E-state index is 14.0. The van der Waals surface area contributed by atoms with E-state index in [2.05, 4.69) is 120 Å². The third kappa shape index (κ3) is 9.94. The molecular weight excluding hydrogens is 642 g/mol. The summed E-state index contributed by atoms with van der Waals surface area (Å²) in [5, 5.41) is 11.3. The number of esters is 3. The predicted molar refractivity (Wildman–Crippen MR) is 203 cm³/mol. The van der Waals surface area contributed by atoms with Crippen LogP contribution in [0.15, 0.2) is 18.2 Å². The molecule has 3 aliphatic rings. The molecular formula is C42H69N3O6. The Morgan fingerprint density at radius 2 is 0.686 bits per heavy atom. The van der Waals surface area contributed by atoms with Gasteiger partial charge in [-0.2, -0.15) is 0 Å². The van der Waals surface area contributed by atoms with Gasteiger partial charge in [0.05, 0.1) is 16.7 Å². The Morgan fingerprint density at radius 3 is 0.882 bits per heavy atom. The summed E-state index contributed by atoms with van der Waals surface area (Å²) in [4.78, 5) is 41.9. The number of benzene rings is 1. The van der Waals surface area contributed by atoms with Gasteiger partial charge >= 0.3 is 17.9 Å². The van der Waals surface area contributed by atoms with Crippen LogP contribution in [0.25, 0.3) is 0 Å². The first-order valence-corrected chi connectivity index (χ1v) is 19.3. The molecule has 0 bridgehead atoms. The van der Waals surface area contributed by atoms with Crippen LogP contribution in [0.1, 0.15) is 173 Å². The quantitative estimate of drug-likeness (QED) is 0.173. The van der Waals surface area contributed by atoms with Crippen molar-refractivity contribution in [3.63, 3.8) is 0 Å². The highest BCUT2D eigenvalue weighted by atomic mass is 16.6. The van der Waals surface area contributed by atoms with Gasteiger partial charge in [-0.05, 0) is 98.3 Å². The fourth-order valence-corrected chi connectivity index (χ4v) is 9.00. The van der Waals surface area contributed by atoms with Crippen LogP contribution in [0.4, 0.5) is 0 Å². The molecule has 1 aromatic rings. The third-order valence-corrected chi connectivity index (χ3v) is 12.3. The van der Waals surface area contributed by atoms with Gasteiger partial charge in [0.15, 0.2) is 0 Å².